The predicted octanol–water partition coefficient (Wildman–Crippen LogP) is 1.74. The molecule has 0 bridgehead atoms. The Balaban J connectivity index is 2.94. The van der Waals surface area contributed by atoms with Crippen molar-refractivity contribution in [2.75, 3.05) is 0 Å². The fourth-order valence-electron chi connectivity index (χ4n) is 1.78. The number of nitrogens with two attached hydrogens (primary N) is 1. The quantitative estimate of drug-likeness (QED) is 0.808. The summed E-state index contributed by atoms with van der Waals surface area (Å²) in [6, 6.07) is 4.08. The van der Waals surface area contributed by atoms with Gasteiger partial charge >= 0.3 is 11.9 Å². The number of hydrogen-bond acceptors (Lipinski definition) is 4. The molecule has 0 aliphatic heterocycles. The van der Waals surface area contributed by atoms with Crippen molar-refractivity contribution in [2.24, 2.45) is 11.7 Å². The van der Waals surface area contributed by atoms with Crippen molar-refractivity contribution in [3.63, 3.8) is 0 Å². The zero-order chi connectivity index (χ0) is 16.2. The topological polar surface area (TPSA) is 89.6 Å². The Morgan fingerprint density at radius 1 is 1.29 bits per heavy atom. The van der Waals surface area contributed by atoms with E-state index in [-0.39, 0.29) is 6.42 Å². The van der Waals surface area contributed by atoms with Crippen LogP contribution in [0.1, 0.15) is 26.3 Å². The molecule has 0 saturated carbocycles. The molecular formula is C15H20FNO4. The Labute approximate surface area is 122 Å². The van der Waals surface area contributed by atoms with Gasteiger partial charge in [0.05, 0.1) is 5.92 Å². The molecule has 0 fully saturated rings. The van der Waals surface area contributed by atoms with Crippen LogP contribution < -0.4 is 5.73 Å². The molecule has 1 rings (SSSR count). The lowest BCUT2D eigenvalue weighted by Gasteiger charge is -2.25. The number of ether oxygens (including phenoxy) is 1. The van der Waals surface area contributed by atoms with Gasteiger partial charge in [0.2, 0.25) is 0 Å². The van der Waals surface area contributed by atoms with Crippen LogP contribution in [0.2, 0.25) is 0 Å². The Morgan fingerprint density at radius 3 is 2.24 bits per heavy atom. The van der Waals surface area contributed by atoms with E-state index < -0.39 is 35.3 Å². The molecule has 0 spiro atoms. The highest BCUT2D eigenvalue weighted by atomic mass is 19.1. The molecular weight excluding hydrogens is 277 g/mol. The van der Waals surface area contributed by atoms with Gasteiger partial charge in [0.25, 0.3) is 0 Å². The molecule has 0 aliphatic carbocycles. The second-order valence-corrected chi connectivity index (χ2v) is 5.83. The first-order chi connectivity index (χ1) is 9.60. The average Bonchev–Trinajstić information content (AvgIpc) is 2.35. The van der Waals surface area contributed by atoms with Gasteiger partial charge in [0, 0.05) is 0 Å². The van der Waals surface area contributed by atoms with Gasteiger partial charge in [-0.05, 0) is 44.9 Å². The number of halogens is 1. The van der Waals surface area contributed by atoms with Crippen molar-refractivity contribution in [3.05, 3.63) is 35.6 Å². The second kappa shape index (κ2) is 6.67. The van der Waals surface area contributed by atoms with Gasteiger partial charge in [0.1, 0.15) is 17.5 Å². The van der Waals surface area contributed by atoms with E-state index in [1.165, 1.54) is 24.3 Å². The molecule has 116 valence electrons. The van der Waals surface area contributed by atoms with E-state index in [0.29, 0.717) is 5.56 Å². The lowest BCUT2D eigenvalue weighted by Crippen LogP contribution is -2.45. The van der Waals surface area contributed by atoms with E-state index in [0.717, 1.165) is 0 Å². The fourth-order valence-corrected chi connectivity index (χ4v) is 1.78. The molecule has 2 atom stereocenters. The molecule has 21 heavy (non-hydrogen) atoms. The summed E-state index contributed by atoms with van der Waals surface area (Å²) in [7, 11) is 0. The van der Waals surface area contributed by atoms with Gasteiger partial charge in [0.15, 0.2) is 0 Å². The number of carboxylic acid groups (broad SMARTS) is 1. The fraction of sp³-hybridized carbons (Fsp3) is 0.467. The van der Waals surface area contributed by atoms with Crippen LogP contribution in [0.3, 0.4) is 0 Å². The molecule has 2 unspecified atom stereocenters. The Morgan fingerprint density at radius 2 is 1.81 bits per heavy atom. The van der Waals surface area contributed by atoms with E-state index in [4.69, 9.17) is 15.6 Å². The summed E-state index contributed by atoms with van der Waals surface area (Å²) in [5.41, 5.74) is 5.46. The Kier molecular flexibility index (Phi) is 5.43. The highest BCUT2D eigenvalue weighted by molar-refractivity contribution is 5.83. The molecule has 3 N–H and O–H groups in total. The van der Waals surface area contributed by atoms with Crippen LogP contribution >= 0.6 is 0 Å². The third-order valence-electron chi connectivity index (χ3n) is 2.80. The lowest BCUT2D eigenvalue weighted by atomic mass is 9.92. The number of carbonyl (C=O) groups is 2. The number of rotatable bonds is 5. The van der Waals surface area contributed by atoms with Gasteiger partial charge in [-0.2, -0.15) is 0 Å². The first-order valence-corrected chi connectivity index (χ1v) is 6.56. The summed E-state index contributed by atoms with van der Waals surface area (Å²) in [5, 5.41) is 9.03. The molecule has 1 aromatic rings. The maximum absolute atomic E-state index is 12.9. The molecule has 6 heteroatoms. The second-order valence-electron chi connectivity index (χ2n) is 5.83. The van der Waals surface area contributed by atoms with Crippen LogP contribution in [-0.4, -0.2) is 28.7 Å². The molecule has 1 aromatic carbocycles. The molecule has 0 saturated heterocycles. The van der Waals surface area contributed by atoms with Crippen LogP contribution in [-0.2, 0) is 20.7 Å². The van der Waals surface area contributed by atoms with Crippen LogP contribution in [0, 0.1) is 11.7 Å². The summed E-state index contributed by atoms with van der Waals surface area (Å²) in [5.74, 6) is -3.41. The summed E-state index contributed by atoms with van der Waals surface area (Å²) in [6.07, 6.45) is 0.0721. The van der Waals surface area contributed by atoms with E-state index in [1.807, 2.05) is 0 Å². The molecule has 5 nitrogen and oxygen atoms in total. The predicted molar refractivity (Wildman–Crippen MR) is 75.1 cm³/mol. The maximum Gasteiger partial charge on any atom is 0.321 e. The van der Waals surface area contributed by atoms with Crippen molar-refractivity contribution in [2.45, 2.75) is 38.8 Å². The number of carbonyl (C=O) groups excluding carboxylic acids is 1. The zero-order valence-electron chi connectivity index (χ0n) is 12.3. The number of hydrogen-bond donors (Lipinski definition) is 2. The van der Waals surface area contributed by atoms with E-state index in [2.05, 4.69) is 0 Å². The minimum absolute atomic E-state index is 0.0721. The smallest absolute Gasteiger partial charge is 0.321 e. The Bertz CT molecular complexity index is 507. The van der Waals surface area contributed by atoms with Crippen molar-refractivity contribution in [1.82, 2.24) is 0 Å². The minimum Gasteiger partial charge on any atom is -0.480 e. The summed E-state index contributed by atoms with van der Waals surface area (Å²) < 4.78 is 18.1. The standard InChI is InChI=1S/C15H20FNO4/c1-15(2,3)21-14(20)11(12(17)13(18)19)8-9-4-6-10(16)7-5-9/h4-7,11-12H,8,17H2,1-3H3,(H,18,19). The van der Waals surface area contributed by atoms with E-state index in [9.17, 15) is 14.0 Å². The largest absolute Gasteiger partial charge is 0.480 e. The van der Waals surface area contributed by atoms with Crippen LogP contribution in [0.25, 0.3) is 0 Å². The van der Waals surface area contributed by atoms with Gasteiger partial charge in [-0.3, -0.25) is 9.59 Å². The highest BCUT2D eigenvalue weighted by Crippen LogP contribution is 2.18. The third kappa shape index (κ3) is 5.51. The zero-order valence-corrected chi connectivity index (χ0v) is 12.3. The number of aliphatic carboxylic acids is 1. The molecule has 0 amide bonds. The summed E-state index contributed by atoms with van der Waals surface area (Å²) in [4.78, 5) is 23.2. The number of esters is 1. The molecule has 0 aliphatic rings. The van der Waals surface area contributed by atoms with Gasteiger partial charge in [-0.25, -0.2) is 4.39 Å². The SMILES string of the molecule is CC(C)(C)OC(=O)C(Cc1ccc(F)cc1)C(N)C(=O)O. The van der Waals surface area contributed by atoms with Crippen molar-refractivity contribution >= 4 is 11.9 Å². The van der Waals surface area contributed by atoms with Gasteiger partial charge in [-0.15, -0.1) is 0 Å². The molecule has 0 aromatic heterocycles. The Hall–Kier alpha value is -1.95. The van der Waals surface area contributed by atoms with Crippen molar-refractivity contribution in [3.8, 4) is 0 Å². The first-order valence-electron chi connectivity index (χ1n) is 6.56. The number of benzene rings is 1. The van der Waals surface area contributed by atoms with Crippen molar-refractivity contribution < 1.29 is 23.8 Å². The minimum atomic E-state index is -1.38. The van der Waals surface area contributed by atoms with Crippen LogP contribution in [0.5, 0.6) is 0 Å². The maximum atomic E-state index is 12.9. The summed E-state index contributed by atoms with van der Waals surface area (Å²) >= 11 is 0. The third-order valence-corrected chi connectivity index (χ3v) is 2.80. The monoisotopic (exact) mass is 297 g/mol. The van der Waals surface area contributed by atoms with Gasteiger partial charge in [-0.1, -0.05) is 12.1 Å². The average molecular weight is 297 g/mol. The molecule has 0 radical (unpaired) electrons. The molecule has 0 heterocycles. The van der Waals surface area contributed by atoms with Gasteiger partial charge < -0.3 is 15.6 Å². The number of carboxylic acids is 1. The summed E-state index contributed by atoms with van der Waals surface area (Å²) in [6.45, 7) is 5.06. The van der Waals surface area contributed by atoms with Crippen LogP contribution in [0.4, 0.5) is 4.39 Å². The van der Waals surface area contributed by atoms with E-state index in [1.54, 1.807) is 20.8 Å². The lowest BCUT2D eigenvalue weighted by molar-refractivity contribution is -0.163. The van der Waals surface area contributed by atoms with Crippen molar-refractivity contribution in [1.29, 1.82) is 0 Å². The van der Waals surface area contributed by atoms with Crippen LogP contribution in [0.15, 0.2) is 24.3 Å². The first kappa shape index (κ1) is 17.1. The van der Waals surface area contributed by atoms with E-state index >= 15 is 0 Å². The normalized spacial score (nSPS) is 14.3. The highest BCUT2D eigenvalue weighted by Gasteiger charge is 2.34.